The van der Waals surface area contributed by atoms with Crippen molar-refractivity contribution < 1.29 is 0 Å². The molecule has 2 aromatic heterocycles. The van der Waals surface area contributed by atoms with Crippen LogP contribution >= 0.6 is 11.3 Å². The minimum Gasteiger partial charge on any atom is -0.307 e. The van der Waals surface area contributed by atoms with E-state index >= 15 is 0 Å². The lowest BCUT2D eigenvalue weighted by atomic mass is 9.82. The van der Waals surface area contributed by atoms with Crippen molar-refractivity contribution in [2.75, 3.05) is 0 Å². The van der Waals surface area contributed by atoms with Gasteiger partial charge in [0.15, 0.2) is 0 Å². The molecule has 0 fully saturated rings. The molecule has 2 heterocycles. The Labute approximate surface area is 253 Å². The molecule has 0 aliphatic heterocycles. The highest BCUT2D eigenvalue weighted by Crippen LogP contribution is 2.54. The first-order valence-electron chi connectivity index (χ1n) is 14.7. The highest BCUT2D eigenvalue weighted by atomic mass is 32.1. The molecular formula is C40H26N2S. The van der Waals surface area contributed by atoms with Crippen molar-refractivity contribution in [1.29, 1.82) is 5.26 Å². The fourth-order valence-electron chi connectivity index (χ4n) is 7.51. The first-order chi connectivity index (χ1) is 21.1. The number of fused-ring (bicyclic) bond motifs is 10. The number of hydrogen-bond acceptors (Lipinski definition) is 2. The SMILES string of the molecule is CC1(C)c2ccccc2-c2c1ccc1c2sc2c(-c3cccc(C#N)c3-n3c4ccccc4c4ccccc43)cccc21. The lowest BCUT2D eigenvalue weighted by Crippen LogP contribution is -2.14. The number of thiophene rings is 1. The highest BCUT2D eigenvalue weighted by molar-refractivity contribution is 7.27. The first kappa shape index (κ1) is 24.4. The van der Waals surface area contributed by atoms with Crippen LogP contribution in [-0.2, 0) is 5.41 Å². The summed E-state index contributed by atoms with van der Waals surface area (Å²) in [7, 11) is 0. The van der Waals surface area contributed by atoms with Crippen molar-refractivity contribution in [3.8, 4) is 34.0 Å². The smallest absolute Gasteiger partial charge is 0.101 e. The molecule has 202 valence electrons. The van der Waals surface area contributed by atoms with Gasteiger partial charge in [0, 0.05) is 53.1 Å². The summed E-state index contributed by atoms with van der Waals surface area (Å²) in [5.41, 5.74) is 11.5. The van der Waals surface area contributed by atoms with Crippen molar-refractivity contribution in [3.05, 3.63) is 138 Å². The van der Waals surface area contributed by atoms with Gasteiger partial charge in [-0.3, -0.25) is 0 Å². The van der Waals surface area contributed by atoms with E-state index in [1.807, 2.05) is 23.5 Å². The van der Waals surface area contributed by atoms with Gasteiger partial charge in [-0.05, 0) is 34.9 Å². The second kappa shape index (κ2) is 8.67. The van der Waals surface area contributed by atoms with Crippen molar-refractivity contribution in [2.24, 2.45) is 0 Å². The molecule has 9 rings (SSSR count). The fourth-order valence-corrected chi connectivity index (χ4v) is 8.90. The van der Waals surface area contributed by atoms with Gasteiger partial charge in [-0.1, -0.05) is 117 Å². The van der Waals surface area contributed by atoms with E-state index < -0.39 is 0 Å². The summed E-state index contributed by atoms with van der Waals surface area (Å²) in [6.45, 7) is 4.68. The van der Waals surface area contributed by atoms with E-state index in [0.717, 1.165) is 27.8 Å². The molecule has 0 amide bonds. The third-order valence-corrected chi connectivity index (χ3v) is 10.7. The third kappa shape index (κ3) is 3.16. The van der Waals surface area contributed by atoms with Crippen molar-refractivity contribution >= 4 is 53.3 Å². The highest BCUT2D eigenvalue weighted by Gasteiger charge is 2.36. The molecule has 0 N–H and O–H groups in total. The largest absolute Gasteiger partial charge is 0.307 e. The van der Waals surface area contributed by atoms with Gasteiger partial charge < -0.3 is 4.57 Å². The van der Waals surface area contributed by atoms with Gasteiger partial charge in [-0.15, -0.1) is 11.3 Å². The predicted molar refractivity (Wildman–Crippen MR) is 181 cm³/mol. The maximum atomic E-state index is 10.4. The summed E-state index contributed by atoms with van der Waals surface area (Å²) in [6.07, 6.45) is 0. The Morgan fingerprint density at radius 2 is 1.16 bits per heavy atom. The van der Waals surface area contributed by atoms with E-state index in [1.54, 1.807) is 0 Å². The molecule has 0 radical (unpaired) electrons. The zero-order valence-corrected chi connectivity index (χ0v) is 24.7. The second-order valence-electron chi connectivity index (χ2n) is 12.0. The average Bonchev–Trinajstić information content (AvgIpc) is 3.67. The zero-order chi connectivity index (χ0) is 28.9. The minimum atomic E-state index is -0.0377. The Kier molecular flexibility index (Phi) is 4.93. The summed E-state index contributed by atoms with van der Waals surface area (Å²) < 4.78 is 4.89. The maximum absolute atomic E-state index is 10.4. The molecule has 0 saturated heterocycles. The number of aromatic nitrogens is 1. The van der Waals surface area contributed by atoms with E-state index in [1.165, 1.54) is 53.2 Å². The number of para-hydroxylation sites is 3. The van der Waals surface area contributed by atoms with Gasteiger partial charge in [0.25, 0.3) is 0 Å². The molecule has 0 spiro atoms. The van der Waals surface area contributed by atoms with E-state index in [4.69, 9.17) is 0 Å². The third-order valence-electron chi connectivity index (χ3n) is 9.46. The van der Waals surface area contributed by atoms with E-state index in [2.05, 4.69) is 134 Å². The molecule has 43 heavy (non-hydrogen) atoms. The number of nitrogens with zero attached hydrogens (tertiary/aromatic N) is 2. The second-order valence-corrected chi connectivity index (χ2v) is 13.0. The average molecular weight is 567 g/mol. The van der Waals surface area contributed by atoms with Gasteiger partial charge in [-0.25, -0.2) is 0 Å². The van der Waals surface area contributed by atoms with Crippen molar-refractivity contribution in [3.63, 3.8) is 0 Å². The lowest BCUT2D eigenvalue weighted by molar-refractivity contribution is 0.661. The normalized spacial score (nSPS) is 13.5. The Bertz CT molecular complexity index is 2450. The first-order valence-corrected chi connectivity index (χ1v) is 15.5. The standard InChI is InChI=1S/C40H26N2S/c1-40(2)32-18-6-3-14-31(32)36-33(40)22-21-30-29-17-10-16-28(38(29)43-39(30)36)27-15-9-11-24(23-41)37(27)42-34-19-7-4-12-25(34)26-13-5-8-20-35(26)42/h3-22H,1-2H3. The molecule has 6 aromatic carbocycles. The molecule has 1 aliphatic rings. The number of rotatable bonds is 2. The van der Waals surface area contributed by atoms with Gasteiger partial charge in [0.05, 0.1) is 22.3 Å². The maximum Gasteiger partial charge on any atom is 0.101 e. The van der Waals surface area contributed by atoms with E-state index in [9.17, 15) is 5.26 Å². The molecule has 0 atom stereocenters. The summed E-state index contributed by atoms with van der Waals surface area (Å²) >= 11 is 1.89. The monoisotopic (exact) mass is 566 g/mol. The summed E-state index contributed by atoms with van der Waals surface area (Å²) in [6, 6.07) is 45.9. The van der Waals surface area contributed by atoms with Crippen LogP contribution in [0.5, 0.6) is 0 Å². The Balaban J connectivity index is 1.39. The molecule has 3 heteroatoms. The molecule has 0 saturated carbocycles. The van der Waals surface area contributed by atoms with E-state index in [-0.39, 0.29) is 5.41 Å². The molecule has 0 unspecified atom stereocenters. The summed E-state index contributed by atoms with van der Waals surface area (Å²) in [5, 5.41) is 15.4. The molecule has 0 bridgehead atoms. The lowest BCUT2D eigenvalue weighted by Gasteiger charge is -2.21. The van der Waals surface area contributed by atoms with Crippen LogP contribution in [0.1, 0.15) is 30.5 Å². The number of hydrogen-bond donors (Lipinski definition) is 0. The van der Waals surface area contributed by atoms with Crippen LogP contribution in [0.25, 0.3) is 69.9 Å². The van der Waals surface area contributed by atoms with Crippen molar-refractivity contribution in [1.82, 2.24) is 4.57 Å². The number of benzene rings is 6. The predicted octanol–water partition coefficient (Wildman–Crippen LogP) is 11.0. The Morgan fingerprint density at radius 1 is 0.558 bits per heavy atom. The molecule has 2 nitrogen and oxygen atoms in total. The summed E-state index contributed by atoms with van der Waals surface area (Å²) in [5.74, 6) is 0. The topological polar surface area (TPSA) is 28.7 Å². The Morgan fingerprint density at radius 3 is 1.93 bits per heavy atom. The van der Waals surface area contributed by atoms with Crippen LogP contribution < -0.4 is 0 Å². The van der Waals surface area contributed by atoms with Gasteiger partial charge in [0.2, 0.25) is 0 Å². The van der Waals surface area contributed by atoms with Gasteiger partial charge >= 0.3 is 0 Å². The summed E-state index contributed by atoms with van der Waals surface area (Å²) in [4.78, 5) is 0. The molecule has 1 aliphatic carbocycles. The quantitative estimate of drug-likeness (QED) is 0.205. The van der Waals surface area contributed by atoms with Crippen LogP contribution in [0, 0.1) is 11.3 Å². The van der Waals surface area contributed by atoms with Crippen LogP contribution in [0.2, 0.25) is 0 Å². The molecule has 8 aromatic rings. The van der Waals surface area contributed by atoms with Crippen molar-refractivity contribution in [2.45, 2.75) is 19.3 Å². The minimum absolute atomic E-state index is 0.0377. The molecular weight excluding hydrogens is 541 g/mol. The Hall–Kier alpha value is -5.17. The van der Waals surface area contributed by atoms with Gasteiger partial charge in [-0.2, -0.15) is 5.26 Å². The van der Waals surface area contributed by atoms with Crippen LogP contribution in [0.4, 0.5) is 0 Å². The van der Waals surface area contributed by atoms with Crippen LogP contribution in [0.15, 0.2) is 121 Å². The van der Waals surface area contributed by atoms with Crippen LogP contribution in [0.3, 0.4) is 0 Å². The fraction of sp³-hybridized carbons (Fsp3) is 0.0750. The van der Waals surface area contributed by atoms with E-state index in [0.29, 0.717) is 5.56 Å². The number of nitriles is 1. The zero-order valence-electron chi connectivity index (χ0n) is 23.8. The van der Waals surface area contributed by atoms with Crippen LogP contribution in [-0.4, -0.2) is 4.57 Å². The van der Waals surface area contributed by atoms with Gasteiger partial charge in [0.1, 0.15) is 6.07 Å².